The maximum Gasteiger partial charge on any atom is 0.329 e. The lowest BCUT2D eigenvalue weighted by Crippen LogP contribution is -2.59. The molecule has 2 atom stereocenters. The first-order valence-corrected chi connectivity index (χ1v) is 5.12. The highest BCUT2D eigenvalue weighted by Crippen LogP contribution is 2.31. The molecule has 14 heavy (non-hydrogen) atoms. The average Bonchev–Trinajstić information content (AvgIpc) is 2.63. The molecular formula is C10H15NO3. The van der Waals surface area contributed by atoms with Crippen LogP contribution in [-0.4, -0.2) is 35.0 Å². The highest BCUT2D eigenvalue weighted by atomic mass is 16.6. The summed E-state index contributed by atoms with van der Waals surface area (Å²) in [5.41, 5.74) is -0.919. The monoisotopic (exact) mass is 197 g/mol. The first-order chi connectivity index (χ1) is 6.58. The van der Waals surface area contributed by atoms with E-state index in [0.717, 1.165) is 12.8 Å². The summed E-state index contributed by atoms with van der Waals surface area (Å²) in [5, 5.41) is 0. The third-order valence-electron chi connectivity index (χ3n) is 3.24. The smallest absolute Gasteiger partial charge is 0.329 e. The van der Waals surface area contributed by atoms with Gasteiger partial charge < -0.3 is 9.64 Å². The lowest BCUT2D eigenvalue weighted by Gasteiger charge is -2.39. The molecule has 0 bridgehead atoms. The van der Waals surface area contributed by atoms with Gasteiger partial charge in [0, 0.05) is 6.54 Å². The number of rotatable bonds is 1. The molecule has 0 unspecified atom stereocenters. The van der Waals surface area contributed by atoms with Crippen molar-refractivity contribution < 1.29 is 14.3 Å². The van der Waals surface area contributed by atoms with Crippen molar-refractivity contribution in [1.82, 2.24) is 4.90 Å². The number of carbonyl (C=O) groups is 2. The van der Waals surface area contributed by atoms with Crippen molar-refractivity contribution >= 4 is 11.9 Å². The summed E-state index contributed by atoms with van der Waals surface area (Å²) >= 11 is 0. The molecule has 4 heteroatoms. The van der Waals surface area contributed by atoms with Gasteiger partial charge in [0.1, 0.15) is 6.04 Å². The number of morpholine rings is 1. The summed E-state index contributed by atoms with van der Waals surface area (Å²) in [7, 11) is 0. The molecule has 0 spiro atoms. The Morgan fingerprint density at radius 3 is 2.93 bits per heavy atom. The first-order valence-electron chi connectivity index (χ1n) is 5.12. The molecule has 4 nitrogen and oxygen atoms in total. The highest BCUT2D eigenvalue weighted by Gasteiger charge is 2.50. The Labute approximate surface area is 83.2 Å². The van der Waals surface area contributed by atoms with Crippen molar-refractivity contribution in [1.29, 1.82) is 0 Å². The fraction of sp³-hybridized carbons (Fsp3) is 0.800. The van der Waals surface area contributed by atoms with Crippen LogP contribution in [0, 0.1) is 0 Å². The molecule has 0 radical (unpaired) electrons. The molecule has 2 heterocycles. The molecule has 0 aliphatic carbocycles. The van der Waals surface area contributed by atoms with Crippen LogP contribution in [0.5, 0.6) is 0 Å². The van der Waals surface area contributed by atoms with Crippen LogP contribution in [0.25, 0.3) is 0 Å². The van der Waals surface area contributed by atoms with E-state index in [9.17, 15) is 9.59 Å². The van der Waals surface area contributed by atoms with Gasteiger partial charge in [0.05, 0.1) is 0 Å². The van der Waals surface area contributed by atoms with Crippen LogP contribution in [0.1, 0.15) is 33.1 Å². The highest BCUT2D eigenvalue weighted by molar-refractivity contribution is 5.95. The maximum absolute atomic E-state index is 12.0. The number of carbonyl (C=O) groups excluding carboxylic acids is 2. The van der Waals surface area contributed by atoms with Crippen LogP contribution in [0.4, 0.5) is 0 Å². The molecule has 0 aromatic rings. The number of cyclic esters (lactones) is 1. The lowest BCUT2D eigenvalue weighted by atomic mass is 9.98. The molecule has 0 aromatic heterocycles. The standard InChI is InChI=1S/C10H15NO3/c1-3-10(2)9(13)11-6-4-5-7(11)8(12)14-10/h7H,3-6H2,1-2H3/t7-,10+/m0/s1. The number of fused-ring (bicyclic) bond motifs is 1. The average molecular weight is 197 g/mol. The minimum atomic E-state index is -0.919. The molecule has 2 fully saturated rings. The summed E-state index contributed by atoms with van der Waals surface area (Å²) in [6, 6.07) is -0.304. The van der Waals surface area contributed by atoms with Crippen LogP contribution in [0.2, 0.25) is 0 Å². The Morgan fingerprint density at radius 1 is 1.57 bits per heavy atom. The van der Waals surface area contributed by atoms with Gasteiger partial charge in [-0.1, -0.05) is 6.92 Å². The van der Waals surface area contributed by atoms with Gasteiger partial charge in [0.2, 0.25) is 0 Å². The molecule has 0 aromatic carbocycles. The molecule has 2 aliphatic heterocycles. The van der Waals surface area contributed by atoms with Crippen molar-refractivity contribution in [3.8, 4) is 0 Å². The van der Waals surface area contributed by atoms with Gasteiger partial charge in [-0.25, -0.2) is 4.79 Å². The second-order valence-electron chi connectivity index (χ2n) is 4.16. The second kappa shape index (κ2) is 2.97. The lowest BCUT2D eigenvalue weighted by molar-refractivity contribution is -0.188. The van der Waals surface area contributed by atoms with Gasteiger partial charge in [-0.2, -0.15) is 0 Å². The van der Waals surface area contributed by atoms with Crippen molar-refractivity contribution in [3.05, 3.63) is 0 Å². The quantitative estimate of drug-likeness (QED) is 0.581. The molecule has 2 saturated heterocycles. The van der Waals surface area contributed by atoms with E-state index >= 15 is 0 Å². The van der Waals surface area contributed by atoms with E-state index in [2.05, 4.69) is 0 Å². The van der Waals surface area contributed by atoms with Crippen molar-refractivity contribution in [2.24, 2.45) is 0 Å². The SMILES string of the molecule is CC[C@@]1(C)OC(=O)[C@@H]2CCCN2C1=O. The normalized spacial score (nSPS) is 37.0. The van der Waals surface area contributed by atoms with Crippen LogP contribution < -0.4 is 0 Å². The zero-order valence-electron chi connectivity index (χ0n) is 8.58. The number of ether oxygens (including phenoxy) is 1. The van der Waals surface area contributed by atoms with Crippen LogP contribution in [-0.2, 0) is 14.3 Å². The summed E-state index contributed by atoms with van der Waals surface area (Å²) in [6.45, 7) is 4.26. The molecular weight excluding hydrogens is 182 g/mol. The van der Waals surface area contributed by atoms with Crippen LogP contribution >= 0.6 is 0 Å². The zero-order valence-corrected chi connectivity index (χ0v) is 8.58. The number of nitrogens with zero attached hydrogens (tertiary/aromatic N) is 1. The van der Waals surface area contributed by atoms with Gasteiger partial charge in [-0.05, 0) is 26.2 Å². The largest absolute Gasteiger partial charge is 0.448 e. The molecule has 2 rings (SSSR count). The fourth-order valence-corrected chi connectivity index (χ4v) is 2.12. The van der Waals surface area contributed by atoms with Crippen LogP contribution in [0.15, 0.2) is 0 Å². The van der Waals surface area contributed by atoms with Crippen LogP contribution in [0.3, 0.4) is 0 Å². The van der Waals surface area contributed by atoms with E-state index in [1.807, 2.05) is 6.92 Å². The summed E-state index contributed by atoms with van der Waals surface area (Å²) in [4.78, 5) is 25.2. The van der Waals surface area contributed by atoms with Crippen molar-refractivity contribution in [2.45, 2.75) is 44.8 Å². The van der Waals surface area contributed by atoms with E-state index in [1.54, 1.807) is 11.8 Å². The number of hydrogen-bond acceptors (Lipinski definition) is 3. The van der Waals surface area contributed by atoms with Crippen molar-refractivity contribution in [3.63, 3.8) is 0 Å². The van der Waals surface area contributed by atoms with E-state index < -0.39 is 5.60 Å². The third-order valence-corrected chi connectivity index (χ3v) is 3.24. The number of esters is 1. The number of hydrogen-bond donors (Lipinski definition) is 0. The molecule has 78 valence electrons. The Kier molecular flexibility index (Phi) is 2.01. The minimum absolute atomic E-state index is 0.0258. The van der Waals surface area contributed by atoms with E-state index in [1.165, 1.54) is 0 Å². The number of amides is 1. The topological polar surface area (TPSA) is 46.6 Å². The minimum Gasteiger partial charge on any atom is -0.448 e. The molecule has 0 N–H and O–H groups in total. The van der Waals surface area contributed by atoms with E-state index in [-0.39, 0.29) is 17.9 Å². The fourth-order valence-electron chi connectivity index (χ4n) is 2.12. The Balaban J connectivity index is 2.29. The Hall–Kier alpha value is -1.06. The summed E-state index contributed by atoms with van der Waals surface area (Å²) in [6.07, 6.45) is 2.20. The van der Waals surface area contributed by atoms with Gasteiger partial charge >= 0.3 is 5.97 Å². The predicted molar refractivity (Wildman–Crippen MR) is 49.5 cm³/mol. The van der Waals surface area contributed by atoms with E-state index in [4.69, 9.17) is 4.74 Å². The van der Waals surface area contributed by atoms with Gasteiger partial charge in [-0.3, -0.25) is 4.79 Å². The van der Waals surface area contributed by atoms with Gasteiger partial charge in [-0.15, -0.1) is 0 Å². The van der Waals surface area contributed by atoms with E-state index in [0.29, 0.717) is 13.0 Å². The van der Waals surface area contributed by atoms with Gasteiger partial charge in [0.15, 0.2) is 5.60 Å². The zero-order chi connectivity index (χ0) is 10.3. The molecule has 2 aliphatic rings. The Morgan fingerprint density at radius 2 is 2.29 bits per heavy atom. The summed E-state index contributed by atoms with van der Waals surface area (Å²) < 4.78 is 5.22. The predicted octanol–water partition coefficient (Wildman–Crippen LogP) is 0.703. The van der Waals surface area contributed by atoms with Gasteiger partial charge in [0.25, 0.3) is 5.91 Å². The Bertz CT molecular complexity index is 289. The molecule has 0 saturated carbocycles. The van der Waals surface area contributed by atoms with Crippen molar-refractivity contribution in [2.75, 3.05) is 6.54 Å². The first kappa shape index (κ1) is 9.49. The third kappa shape index (κ3) is 1.13. The maximum atomic E-state index is 12.0. The summed E-state index contributed by atoms with van der Waals surface area (Å²) in [5.74, 6) is -0.256. The molecule has 1 amide bonds. The second-order valence-corrected chi connectivity index (χ2v) is 4.16.